The molecule has 0 radical (unpaired) electrons. The fraction of sp³-hybridized carbons (Fsp3) is 0.174. The van der Waals surface area contributed by atoms with Crippen molar-refractivity contribution in [1.82, 2.24) is 4.31 Å². The summed E-state index contributed by atoms with van der Waals surface area (Å²) in [6.45, 7) is 0.229. The van der Waals surface area contributed by atoms with Gasteiger partial charge in [0.15, 0.2) is 11.5 Å². The summed E-state index contributed by atoms with van der Waals surface area (Å²) in [7, 11) is -0.942. The summed E-state index contributed by atoms with van der Waals surface area (Å²) in [4.78, 5) is 0.0884. The summed E-state index contributed by atoms with van der Waals surface area (Å²) in [6, 6.07) is 23.0. The summed E-state index contributed by atoms with van der Waals surface area (Å²) in [5.41, 5.74) is 1.93. The molecule has 0 bridgehead atoms. The van der Waals surface area contributed by atoms with Crippen LogP contribution in [0.5, 0.6) is 11.5 Å². The molecule has 0 amide bonds. The van der Waals surface area contributed by atoms with Gasteiger partial charge in [-0.1, -0.05) is 48.5 Å². The first-order valence-electron chi connectivity index (χ1n) is 9.23. The molecule has 0 saturated heterocycles. The van der Waals surface area contributed by atoms with E-state index in [0.29, 0.717) is 22.6 Å². The first-order chi connectivity index (χ1) is 14.5. The zero-order valence-electron chi connectivity index (χ0n) is 16.8. The van der Waals surface area contributed by atoms with Crippen molar-refractivity contribution in [2.45, 2.75) is 18.0 Å². The van der Waals surface area contributed by atoms with E-state index in [9.17, 15) is 13.7 Å². The first-order valence-corrected chi connectivity index (χ1v) is 10.7. The molecule has 0 fully saturated rings. The van der Waals surface area contributed by atoms with Gasteiger partial charge in [-0.3, -0.25) is 0 Å². The first kappa shape index (κ1) is 21.4. The van der Waals surface area contributed by atoms with Crippen LogP contribution in [0, 0.1) is 11.3 Å². The van der Waals surface area contributed by atoms with Gasteiger partial charge in [0, 0.05) is 19.2 Å². The fourth-order valence-electron chi connectivity index (χ4n) is 3.10. The molecule has 3 rings (SSSR count). The minimum atomic E-state index is -3.89. The van der Waals surface area contributed by atoms with Crippen molar-refractivity contribution in [1.29, 1.82) is 5.26 Å². The molecule has 0 aliphatic carbocycles. The fourth-order valence-corrected chi connectivity index (χ4v) is 4.52. The van der Waals surface area contributed by atoms with Crippen LogP contribution in [0.1, 0.15) is 16.7 Å². The Labute approximate surface area is 177 Å². The standard InChI is InChI=1S/C23H22N2O4S/c1-28-22-13-12-21(14-23(22)29-2)30(26,27)25(16-18-8-4-3-5-9-18)17-20-11-7-6-10-19(20)15-24/h3-14H,16-17H2,1-2H3. The highest BCUT2D eigenvalue weighted by Crippen LogP contribution is 2.31. The molecule has 0 atom stereocenters. The summed E-state index contributed by atoms with van der Waals surface area (Å²) >= 11 is 0. The van der Waals surface area contributed by atoms with Crippen molar-refractivity contribution in [3.05, 3.63) is 89.5 Å². The Bertz CT molecular complexity index is 1160. The Kier molecular flexibility index (Phi) is 6.72. The van der Waals surface area contributed by atoms with E-state index >= 15 is 0 Å². The van der Waals surface area contributed by atoms with E-state index in [4.69, 9.17) is 9.47 Å². The number of methoxy groups -OCH3 is 2. The van der Waals surface area contributed by atoms with Gasteiger partial charge in [-0.15, -0.1) is 0 Å². The summed E-state index contributed by atoms with van der Waals surface area (Å²) in [5.74, 6) is 0.775. The summed E-state index contributed by atoms with van der Waals surface area (Å²) in [5, 5.41) is 9.42. The van der Waals surface area contributed by atoms with Gasteiger partial charge in [0.05, 0.1) is 30.7 Å². The largest absolute Gasteiger partial charge is 0.493 e. The number of nitriles is 1. The third-order valence-electron chi connectivity index (χ3n) is 4.68. The number of hydrogen-bond acceptors (Lipinski definition) is 5. The van der Waals surface area contributed by atoms with Crippen molar-refractivity contribution in [2.24, 2.45) is 0 Å². The van der Waals surface area contributed by atoms with Crippen molar-refractivity contribution < 1.29 is 17.9 Å². The van der Waals surface area contributed by atoms with Crippen LogP contribution < -0.4 is 9.47 Å². The second-order valence-corrected chi connectivity index (χ2v) is 8.48. The minimum Gasteiger partial charge on any atom is -0.493 e. The van der Waals surface area contributed by atoms with E-state index in [1.165, 1.54) is 30.7 Å². The molecule has 30 heavy (non-hydrogen) atoms. The average Bonchev–Trinajstić information content (AvgIpc) is 2.79. The highest BCUT2D eigenvalue weighted by atomic mass is 32.2. The number of rotatable bonds is 8. The number of ether oxygens (including phenoxy) is 2. The maximum absolute atomic E-state index is 13.6. The zero-order chi connectivity index (χ0) is 21.6. The number of benzene rings is 3. The van der Waals surface area contributed by atoms with Crippen molar-refractivity contribution in [2.75, 3.05) is 14.2 Å². The highest BCUT2D eigenvalue weighted by Gasteiger charge is 2.27. The monoisotopic (exact) mass is 422 g/mol. The van der Waals surface area contributed by atoms with E-state index in [1.54, 1.807) is 30.3 Å². The predicted octanol–water partition coefficient (Wildman–Crippen LogP) is 3.97. The molecular formula is C23H22N2O4S. The topological polar surface area (TPSA) is 79.6 Å². The quantitative estimate of drug-likeness (QED) is 0.549. The second-order valence-electron chi connectivity index (χ2n) is 6.54. The van der Waals surface area contributed by atoms with Gasteiger partial charge in [0.1, 0.15) is 0 Å². The molecule has 154 valence electrons. The van der Waals surface area contributed by atoms with Crippen LogP contribution in [0.25, 0.3) is 0 Å². The molecule has 0 heterocycles. The lowest BCUT2D eigenvalue weighted by atomic mass is 10.1. The van der Waals surface area contributed by atoms with Crippen LogP contribution in [0.4, 0.5) is 0 Å². The van der Waals surface area contributed by atoms with Crippen molar-refractivity contribution >= 4 is 10.0 Å². The van der Waals surface area contributed by atoms with Gasteiger partial charge in [0.2, 0.25) is 10.0 Å². The van der Waals surface area contributed by atoms with E-state index in [1.807, 2.05) is 30.3 Å². The maximum Gasteiger partial charge on any atom is 0.243 e. The van der Waals surface area contributed by atoms with Gasteiger partial charge >= 0.3 is 0 Å². The van der Waals surface area contributed by atoms with Crippen molar-refractivity contribution in [3.8, 4) is 17.6 Å². The molecule has 0 spiro atoms. The lowest BCUT2D eigenvalue weighted by Crippen LogP contribution is -2.30. The molecule has 3 aromatic carbocycles. The number of sulfonamides is 1. The van der Waals surface area contributed by atoms with E-state index < -0.39 is 10.0 Å². The minimum absolute atomic E-state index is 0.0648. The van der Waals surface area contributed by atoms with Crippen LogP contribution >= 0.6 is 0 Å². The molecular weight excluding hydrogens is 400 g/mol. The predicted molar refractivity (Wildman–Crippen MR) is 114 cm³/mol. The molecule has 0 unspecified atom stereocenters. The lowest BCUT2D eigenvalue weighted by Gasteiger charge is -2.23. The van der Waals surface area contributed by atoms with E-state index in [-0.39, 0.29) is 18.0 Å². The average molecular weight is 423 g/mol. The maximum atomic E-state index is 13.6. The highest BCUT2D eigenvalue weighted by molar-refractivity contribution is 7.89. The normalized spacial score (nSPS) is 11.1. The third kappa shape index (κ3) is 4.62. The van der Waals surface area contributed by atoms with Gasteiger partial charge < -0.3 is 9.47 Å². The second kappa shape index (κ2) is 9.44. The van der Waals surface area contributed by atoms with Crippen LogP contribution in [0.2, 0.25) is 0 Å². The van der Waals surface area contributed by atoms with Gasteiger partial charge in [0.25, 0.3) is 0 Å². The SMILES string of the molecule is COc1ccc(S(=O)(=O)N(Cc2ccccc2)Cc2ccccc2C#N)cc1OC. The Morgan fingerprint density at radius 3 is 2.20 bits per heavy atom. The molecule has 0 saturated carbocycles. The van der Waals surface area contributed by atoms with Gasteiger partial charge in [-0.25, -0.2) is 8.42 Å². The number of nitrogens with zero attached hydrogens (tertiary/aromatic N) is 2. The van der Waals surface area contributed by atoms with Gasteiger partial charge in [-0.2, -0.15) is 9.57 Å². The molecule has 0 aliphatic heterocycles. The lowest BCUT2D eigenvalue weighted by molar-refractivity contribution is 0.353. The molecule has 3 aromatic rings. The van der Waals surface area contributed by atoms with E-state index in [0.717, 1.165) is 5.56 Å². The van der Waals surface area contributed by atoms with Crippen LogP contribution in [-0.4, -0.2) is 26.9 Å². The Balaban J connectivity index is 2.05. The van der Waals surface area contributed by atoms with Crippen LogP contribution in [0.15, 0.2) is 77.7 Å². The molecule has 0 aliphatic rings. The Hall–Kier alpha value is -3.34. The Morgan fingerprint density at radius 2 is 1.53 bits per heavy atom. The molecule has 7 heteroatoms. The molecule has 0 N–H and O–H groups in total. The smallest absolute Gasteiger partial charge is 0.243 e. The molecule has 6 nitrogen and oxygen atoms in total. The van der Waals surface area contributed by atoms with Crippen molar-refractivity contribution in [3.63, 3.8) is 0 Å². The Morgan fingerprint density at radius 1 is 0.867 bits per heavy atom. The van der Waals surface area contributed by atoms with Crippen LogP contribution in [-0.2, 0) is 23.1 Å². The third-order valence-corrected chi connectivity index (χ3v) is 6.47. The summed E-state index contributed by atoms with van der Waals surface area (Å²) in [6.07, 6.45) is 0. The summed E-state index contributed by atoms with van der Waals surface area (Å²) < 4.78 is 39.0. The van der Waals surface area contributed by atoms with Gasteiger partial charge in [-0.05, 0) is 29.3 Å². The van der Waals surface area contributed by atoms with Crippen LogP contribution in [0.3, 0.4) is 0 Å². The zero-order valence-corrected chi connectivity index (χ0v) is 17.6. The molecule has 0 aromatic heterocycles. The number of hydrogen-bond donors (Lipinski definition) is 0. The van der Waals surface area contributed by atoms with E-state index in [2.05, 4.69) is 6.07 Å².